The Morgan fingerprint density at radius 3 is 3.00 bits per heavy atom. The zero-order valence-corrected chi connectivity index (χ0v) is 13.8. The van der Waals surface area contributed by atoms with Crippen LogP contribution in [-0.4, -0.2) is 34.5 Å². The van der Waals surface area contributed by atoms with Gasteiger partial charge in [-0.3, -0.25) is 4.79 Å². The Kier molecular flexibility index (Phi) is 5.16. The summed E-state index contributed by atoms with van der Waals surface area (Å²) < 4.78 is 0. The van der Waals surface area contributed by atoms with Crippen LogP contribution in [0.1, 0.15) is 55.9 Å². The summed E-state index contributed by atoms with van der Waals surface area (Å²) >= 11 is 1.58. The highest BCUT2D eigenvalue weighted by Gasteiger charge is 2.35. The van der Waals surface area contributed by atoms with Crippen LogP contribution in [0, 0.1) is 5.92 Å². The number of rotatable bonds is 4. The van der Waals surface area contributed by atoms with Crippen LogP contribution in [0.2, 0.25) is 0 Å². The maximum absolute atomic E-state index is 12.8. The minimum absolute atomic E-state index is 0.100. The summed E-state index contributed by atoms with van der Waals surface area (Å²) in [7, 11) is 0. The monoisotopic (exact) mass is 322 g/mol. The molecule has 3 N–H and O–H groups in total. The van der Waals surface area contributed by atoms with E-state index in [-0.39, 0.29) is 23.9 Å². The molecule has 1 aromatic rings. The summed E-state index contributed by atoms with van der Waals surface area (Å²) in [6.07, 6.45) is 6.17. The minimum atomic E-state index is -0.452. The first-order chi connectivity index (χ1) is 10.6. The van der Waals surface area contributed by atoms with E-state index in [1.165, 1.54) is 0 Å². The summed E-state index contributed by atoms with van der Waals surface area (Å²) in [5, 5.41) is 12.4. The first-order valence-electron chi connectivity index (χ1n) is 8.42. The second-order valence-corrected chi connectivity index (χ2v) is 7.70. The topological polar surface area (TPSA) is 66.6 Å². The highest BCUT2D eigenvalue weighted by Crippen LogP contribution is 2.32. The van der Waals surface area contributed by atoms with Crippen molar-refractivity contribution >= 4 is 17.2 Å². The van der Waals surface area contributed by atoms with Crippen LogP contribution in [0.25, 0.3) is 0 Å². The van der Waals surface area contributed by atoms with Gasteiger partial charge in [-0.25, -0.2) is 0 Å². The molecule has 122 valence electrons. The number of hydrogen-bond donors (Lipinski definition) is 2. The van der Waals surface area contributed by atoms with Gasteiger partial charge in [-0.05, 0) is 50.0 Å². The van der Waals surface area contributed by atoms with Crippen LogP contribution in [0.3, 0.4) is 0 Å². The van der Waals surface area contributed by atoms with Crippen molar-refractivity contribution < 1.29 is 9.90 Å². The van der Waals surface area contributed by atoms with Crippen molar-refractivity contribution in [2.45, 2.75) is 63.1 Å². The van der Waals surface area contributed by atoms with E-state index in [4.69, 9.17) is 5.73 Å². The van der Waals surface area contributed by atoms with E-state index >= 15 is 0 Å². The summed E-state index contributed by atoms with van der Waals surface area (Å²) in [6.45, 7) is 0.840. The molecule has 0 radical (unpaired) electrons. The van der Waals surface area contributed by atoms with E-state index in [1.54, 1.807) is 11.3 Å². The number of aliphatic hydroxyl groups excluding tert-OH is 1. The molecular weight excluding hydrogens is 296 g/mol. The lowest BCUT2D eigenvalue weighted by atomic mass is 9.85. The van der Waals surface area contributed by atoms with E-state index in [0.717, 1.165) is 49.9 Å². The molecule has 2 fully saturated rings. The largest absolute Gasteiger partial charge is 0.387 e. The van der Waals surface area contributed by atoms with Crippen molar-refractivity contribution in [2.75, 3.05) is 6.54 Å². The van der Waals surface area contributed by atoms with Gasteiger partial charge in [0.05, 0.1) is 6.10 Å². The molecule has 2 heterocycles. The Balaban J connectivity index is 1.61. The predicted octanol–water partition coefficient (Wildman–Crippen LogP) is 2.68. The molecule has 22 heavy (non-hydrogen) atoms. The Morgan fingerprint density at radius 1 is 1.41 bits per heavy atom. The van der Waals surface area contributed by atoms with Gasteiger partial charge in [0.1, 0.15) is 0 Å². The second kappa shape index (κ2) is 7.11. The molecule has 1 amide bonds. The van der Waals surface area contributed by atoms with Crippen LogP contribution in [0.5, 0.6) is 0 Å². The van der Waals surface area contributed by atoms with E-state index < -0.39 is 6.10 Å². The van der Waals surface area contributed by atoms with Crippen LogP contribution in [0.4, 0.5) is 0 Å². The van der Waals surface area contributed by atoms with Gasteiger partial charge in [0.15, 0.2) is 0 Å². The number of nitrogens with two attached hydrogens (primary N) is 1. The summed E-state index contributed by atoms with van der Waals surface area (Å²) in [6, 6.07) is 4.30. The van der Waals surface area contributed by atoms with Crippen LogP contribution in [-0.2, 0) is 4.79 Å². The van der Waals surface area contributed by atoms with Crippen molar-refractivity contribution in [2.24, 2.45) is 11.7 Å². The van der Waals surface area contributed by atoms with Gasteiger partial charge >= 0.3 is 0 Å². The predicted molar refractivity (Wildman–Crippen MR) is 88.6 cm³/mol. The molecule has 1 aliphatic carbocycles. The molecule has 4 nitrogen and oxygen atoms in total. The molecule has 1 saturated carbocycles. The number of thiophene rings is 1. The molecule has 2 aliphatic rings. The Morgan fingerprint density at radius 2 is 2.27 bits per heavy atom. The zero-order chi connectivity index (χ0) is 15.5. The number of nitrogens with zero attached hydrogens (tertiary/aromatic N) is 1. The standard InChI is InChI=1S/C17H26N2O2S/c18-13-5-1-4-12(10-13)17(21)19-8-2-6-14(19)11-15(20)16-7-3-9-22-16/h3,7,9,12-15,20H,1-2,4-6,8,10-11,18H2. The van der Waals surface area contributed by atoms with Gasteiger partial charge in [-0.15, -0.1) is 11.3 Å². The number of carbonyl (C=O) groups excluding carboxylic acids is 1. The Bertz CT molecular complexity index is 491. The zero-order valence-electron chi connectivity index (χ0n) is 13.0. The van der Waals surface area contributed by atoms with Crippen LogP contribution >= 0.6 is 11.3 Å². The van der Waals surface area contributed by atoms with Crippen LogP contribution in [0.15, 0.2) is 17.5 Å². The number of carbonyl (C=O) groups is 1. The van der Waals surface area contributed by atoms with Crippen molar-refractivity contribution in [3.8, 4) is 0 Å². The average Bonchev–Trinajstić information content (AvgIpc) is 3.18. The molecule has 1 aromatic heterocycles. The number of hydrogen-bond acceptors (Lipinski definition) is 4. The Hall–Kier alpha value is -0.910. The third-order valence-electron chi connectivity index (χ3n) is 5.09. The van der Waals surface area contributed by atoms with Gasteiger partial charge in [-0.2, -0.15) is 0 Å². The van der Waals surface area contributed by atoms with E-state index in [1.807, 2.05) is 22.4 Å². The smallest absolute Gasteiger partial charge is 0.225 e. The van der Waals surface area contributed by atoms with Crippen molar-refractivity contribution in [3.05, 3.63) is 22.4 Å². The lowest BCUT2D eigenvalue weighted by Gasteiger charge is -2.33. The number of aliphatic hydroxyl groups is 1. The minimum Gasteiger partial charge on any atom is -0.387 e. The SMILES string of the molecule is NC1CCCC(C(=O)N2CCCC2CC(O)c2cccs2)C1. The van der Waals surface area contributed by atoms with Crippen molar-refractivity contribution in [3.63, 3.8) is 0 Å². The first-order valence-corrected chi connectivity index (χ1v) is 9.30. The van der Waals surface area contributed by atoms with Gasteiger partial charge < -0.3 is 15.7 Å². The lowest BCUT2D eigenvalue weighted by Crippen LogP contribution is -2.43. The fourth-order valence-electron chi connectivity index (χ4n) is 3.91. The molecule has 5 heteroatoms. The van der Waals surface area contributed by atoms with E-state index in [0.29, 0.717) is 6.42 Å². The molecule has 4 unspecified atom stereocenters. The van der Waals surface area contributed by atoms with E-state index in [2.05, 4.69) is 0 Å². The molecule has 3 rings (SSSR count). The fourth-order valence-corrected chi connectivity index (χ4v) is 4.64. The fraction of sp³-hybridized carbons (Fsp3) is 0.706. The number of likely N-dealkylation sites (tertiary alicyclic amines) is 1. The second-order valence-electron chi connectivity index (χ2n) is 6.72. The maximum atomic E-state index is 12.8. The Labute approximate surface area is 136 Å². The average molecular weight is 322 g/mol. The molecule has 1 saturated heterocycles. The normalized spacial score (nSPS) is 30.5. The highest BCUT2D eigenvalue weighted by molar-refractivity contribution is 7.10. The molecular formula is C17H26N2O2S. The van der Waals surface area contributed by atoms with Crippen molar-refractivity contribution in [1.29, 1.82) is 0 Å². The molecule has 1 aliphatic heterocycles. The molecule has 0 bridgehead atoms. The summed E-state index contributed by atoms with van der Waals surface area (Å²) in [5.74, 6) is 0.374. The molecule has 4 atom stereocenters. The van der Waals surface area contributed by atoms with E-state index in [9.17, 15) is 9.90 Å². The quantitative estimate of drug-likeness (QED) is 0.895. The molecule has 0 aromatic carbocycles. The first kappa shape index (κ1) is 16.0. The third-order valence-corrected chi connectivity index (χ3v) is 6.06. The molecule has 0 spiro atoms. The third kappa shape index (κ3) is 3.53. The van der Waals surface area contributed by atoms with Gasteiger partial charge in [-0.1, -0.05) is 12.5 Å². The van der Waals surface area contributed by atoms with Gasteiger partial charge in [0.25, 0.3) is 0 Å². The maximum Gasteiger partial charge on any atom is 0.225 e. The van der Waals surface area contributed by atoms with Crippen molar-refractivity contribution in [1.82, 2.24) is 4.90 Å². The summed E-state index contributed by atoms with van der Waals surface area (Å²) in [4.78, 5) is 15.8. The highest BCUT2D eigenvalue weighted by atomic mass is 32.1. The van der Waals surface area contributed by atoms with Crippen LogP contribution < -0.4 is 5.73 Å². The number of amides is 1. The lowest BCUT2D eigenvalue weighted by molar-refractivity contribution is -0.138. The van der Waals surface area contributed by atoms with Gasteiger partial charge in [0.2, 0.25) is 5.91 Å². The summed E-state index contributed by atoms with van der Waals surface area (Å²) in [5.41, 5.74) is 6.03. The van der Waals surface area contributed by atoms with Gasteiger partial charge in [0, 0.05) is 29.4 Å².